The number of amides is 1. The molecule has 24 heavy (non-hydrogen) atoms. The van der Waals surface area contributed by atoms with Crippen molar-refractivity contribution in [1.82, 2.24) is 20.1 Å². The van der Waals surface area contributed by atoms with Crippen LogP contribution in [0.3, 0.4) is 0 Å². The number of nitrogens with zero attached hydrogens (tertiary/aromatic N) is 3. The Kier molecular flexibility index (Phi) is 4.19. The normalized spacial score (nSPS) is 18.6. The lowest BCUT2D eigenvalue weighted by molar-refractivity contribution is 0.0888. The third kappa shape index (κ3) is 3.42. The maximum atomic E-state index is 12.0. The molecule has 3 heterocycles. The lowest BCUT2D eigenvalue weighted by Gasteiger charge is -2.30. The first-order chi connectivity index (χ1) is 11.8. The van der Waals surface area contributed by atoms with Gasteiger partial charge in [-0.25, -0.2) is 4.79 Å². The fraction of sp³-hybridized carbons (Fsp3) is 0.500. The van der Waals surface area contributed by atoms with E-state index in [-0.39, 0.29) is 6.09 Å². The molecular weight excluding hydrogens is 304 g/mol. The van der Waals surface area contributed by atoms with E-state index >= 15 is 0 Å². The second-order valence-electron chi connectivity index (χ2n) is 6.73. The van der Waals surface area contributed by atoms with Crippen molar-refractivity contribution in [1.29, 1.82) is 0 Å². The summed E-state index contributed by atoms with van der Waals surface area (Å²) in [5.74, 6) is 1.03. The van der Waals surface area contributed by atoms with Crippen molar-refractivity contribution in [3.05, 3.63) is 36.3 Å². The summed E-state index contributed by atoms with van der Waals surface area (Å²) in [6, 6.07) is 6.03. The van der Waals surface area contributed by atoms with Crippen LogP contribution in [-0.4, -0.2) is 45.9 Å². The molecule has 0 spiro atoms. The van der Waals surface area contributed by atoms with Crippen LogP contribution in [0.1, 0.15) is 37.3 Å². The summed E-state index contributed by atoms with van der Waals surface area (Å²) in [5, 5.41) is 7.57. The maximum absolute atomic E-state index is 12.0. The van der Waals surface area contributed by atoms with Crippen LogP contribution in [0, 0.1) is 5.92 Å². The number of pyridine rings is 1. The third-order valence-electron chi connectivity index (χ3n) is 4.91. The van der Waals surface area contributed by atoms with Gasteiger partial charge in [0.2, 0.25) is 0 Å². The van der Waals surface area contributed by atoms with E-state index in [1.807, 2.05) is 17.0 Å². The van der Waals surface area contributed by atoms with Gasteiger partial charge in [0.25, 0.3) is 0 Å². The van der Waals surface area contributed by atoms with Crippen molar-refractivity contribution in [2.75, 3.05) is 19.7 Å². The van der Waals surface area contributed by atoms with Crippen LogP contribution < -0.4 is 0 Å². The summed E-state index contributed by atoms with van der Waals surface area (Å²) >= 11 is 0. The summed E-state index contributed by atoms with van der Waals surface area (Å²) in [6.45, 7) is 2.09. The largest absolute Gasteiger partial charge is 0.449 e. The molecule has 6 nitrogen and oxygen atoms in total. The van der Waals surface area contributed by atoms with Gasteiger partial charge >= 0.3 is 6.09 Å². The van der Waals surface area contributed by atoms with E-state index in [1.54, 1.807) is 12.4 Å². The molecule has 6 heteroatoms. The standard InChI is InChI=1S/C18H22N4O2/c23-18(24-12-13-1-2-13)22-9-5-15(6-10-22)17-11-16(20-21-17)14-3-7-19-8-4-14/h3-4,7-8,11,13,15H,1-2,5-6,9-10,12H2,(H,20,21). The third-order valence-corrected chi connectivity index (χ3v) is 4.91. The van der Waals surface area contributed by atoms with Crippen LogP contribution in [0.15, 0.2) is 30.6 Å². The SMILES string of the molecule is O=C(OCC1CC1)N1CCC(c2cc(-c3ccncc3)n[nH]2)CC1. The number of aromatic amines is 1. The molecule has 126 valence electrons. The highest BCUT2D eigenvalue weighted by molar-refractivity contribution is 5.67. The Labute approximate surface area is 141 Å². The van der Waals surface area contributed by atoms with E-state index in [1.165, 1.54) is 12.8 Å². The number of piperidine rings is 1. The summed E-state index contributed by atoms with van der Waals surface area (Å²) in [7, 11) is 0. The van der Waals surface area contributed by atoms with E-state index in [0.717, 1.165) is 42.9 Å². The Balaban J connectivity index is 1.32. The lowest BCUT2D eigenvalue weighted by Crippen LogP contribution is -2.38. The molecule has 1 aliphatic carbocycles. The number of nitrogens with one attached hydrogen (secondary N) is 1. The Morgan fingerprint density at radius 1 is 1.21 bits per heavy atom. The number of likely N-dealkylation sites (tertiary alicyclic amines) is 1. The highest BCUT2D eigenvalue weighted by Gasteiger charge is 2.28. The maximum Gasteiger partial charge on any atom is 0.409 e. The zero-order valence-corrected chi connectivity index (χ0v) is 13.6. The van der Waals surface area contributed by atoms with Crippen molar-refractivity contribution in [3.63, 3.8) is 0 Å². The number of hydrogen-bond donors (Lipinski definition) is 1. The molecule has 0 aromatic carbocycles. The molecule has 0 atom stereocenters. The summed E-state index contributed by atoms with van der Waals surface area (Å²) in [6.07, 6.45) is 7.68. The molecule has 2 aromatic rings. The van der Waals surface area contributed by atoms with Crippen LogP contribution in [0.5, 0.6) is 0 Å². The van der Waals surface area contributed by atoms with Gasteiger partial charge in [0, 0.05) is 42.7 Å². The molecule has 1 amide bonds. The molecule has 1 aliphatic heterocycles. The van der Waals surface area contributed by atoms with E-state index in [4.69, 9.17) is 4.74 Å². The number of rotatable bonds is 4. The predicted molar refractivity (Wildman–Crippen MR) is 89.4 cm³/mol. The summed E-state index contributed by atoms with van der Waals surface area (Å²) in [5.41, 5.74) is 3.15. The first-order valence-electron chi connectivity index (χ1n) is 8.67. The predicted octanol–water partition coefficient (Wildman–Crippen LogP) is 3.20. The number of hydrogen-bond acceptors (Lipinski definition) is 4. The van der Waals surface area contributed by atoms with Gasteiger partial charge in [0.1, 0.15) is 0 Å². The lowest BCUT2D eigenvalue weighted by atomic mass is 9.93. The van der Waals surface area contributed by atoms with Crippen LogP contribution in [0.2, 0.25) is 0 Å². The molecule has 0 radical (unpaired) electrons. The molecule has 1 saturated heterocycles. The number of H-pyrrole nitrogens is 1. The second-order valence-corrected chi connectivity index (χ2v) is 6.73. The summed E-state index contributed by atoms with van der Waals surface area (Å²) in [4.78, 5) is 17.9. The molecule has 0 unspecified atom stereocenters. The number of aromatic nitrogens is 3. The van der Waals surface area contributed by atoms with Crippen molar-refractivity contribution >= 4 is 6.09 Å². The fourth-order valence-corrected chi connectivity index (χ4v) is 3.15. The minimum Gasteiger partial charge on any atom is -0.449 e. The number of carbonyl (C=O) groups excluding carboxylic acids is 1. The van der Waals surface area contributed by atoms with Crippen molar-refractivity contribution in [3.8, 4) is 11.3 Å². The molecule has 0 bridgehead atoms. The van der Waals surface area contributed by atoms with Crippen LogP contribution in [-0.2, 0) is 4.74 Å². The van der Waals surface area contributed by atoms with Crippen molar-refractivity contribution in [2.24, 2.45) is 5.92 Å². The molecule has 2 aromatic heterocycles. The van der Waals surface area contributed by atoms with Crippen LogP contribution in [0.25, 0.3) is 11.3 Å². The zero-order valence-electron chi connectivity index (χ0n) is 13.6. The summed E-state index contributed by atoms with van der Waals surface area (Å²) < 4.78 is 5.37. The van der Waals surface area contributed by atoms with Gasteiger partial charge in [0.05, 0.1) is 12.3 Å². The first kappa shape index (κ1) is 15.2. The molecule has 1 N–H and O–H groups in total. The minimum absolute atomic E-state index is 0.151. The topological polar surface area (TPSA) is 71.1 Å². The van der Waals surface area contributed by atoms with Gasteiger partial charge in [-0.05, 0) is 49.8 Å². The van der Waals surface area contributed by atoms with Crippen LogP contribution >= 0.6 is 0 Å². The Morgan fingerprint density at radius 3 is 2.67 bits per heavy atom. The quantitative estimate of drug-likeness (QED) is 0.936. The van der Waals surface area contributed by atoms with Crippen molar-refractivity contribution < 1.29 is 9.53 Å². The van der Waals surface area contributed by atoms with E-state index in [9.17, 15) is 4.79 Å². The Morgan fingerprint density at radius 2 is 1.96 bits per heavy atom. The molecular formula is C18H22N4O2. The average Bonchev–Trinajstić information content (AvgIpc) is 3.34. The first-order valence-corrected chi connectivity index (χ1v) is 8.67. The van der Waals surface area contributed by atoms with E-state index in [2.05, 4.69) is 21.2 Å². The number of ether oxygens (including phenoxy) is 1. The van der Waals surface area contributed by atoms with Gasteiger partial charge in [-0.1, -0.05) is 0 Å². The number of carbonyl (C=O) groups is 1. The second kappa shape index (κ2) is 6.63. The fourth-order valence-electron chi connectivity index (χ4n) is 3.15. The van der Waals surface area contributed by atoms with Gasteiger partial charge in [-0.15, -0.1) is 0 Å². The van der Waals surface area contributed by atoms with E-state index < -0.39 is 0 Å². The van der Waals surface area contributed by atoms with Crippen LogP contribution in [0.4, 0.5) is 4.79 Å². The molecule has 2 fully saturated rings. The molecule has 1 saturated carbocycles. The zero-order chi connectivity index (χ0) is 16.4. The van der Waals surface area contributed by atoms with Gasteiger partial charge in [-0.2, -0.15) is 5.10 Å². The monoisotopic (exact) mass is 326 g/mol. The molecule has 2 aliphatic rings. The Bertz CT molecular complexity index is 688. The Hall–Kier alpha value is -2.37. The van der Waals surface area contributed by atoms with Gasteiger partial charge in [0.15, 0.2) is 0 Å². The van der Waals surface area contributed by atoms with Gasteiger partial charge < -0.3 is 9.64 Å². The minimum atomic E-state index is -0.151. The van der Waals surface area contributed by atoms with Crippen molar-refractivity contribution in [2.45, 2.75) is 31.6 Å². The van der Waals surface area contributed by atoms with Gasteiger partial charge in [-0.3, -0.25) is 10.1 Å². The molecule has 4 rings (SSSR count). The smallest absolute Gasteiger partial charge is 0.409 e. The highest BCUT2D eigenvalue weighted by atomic mass is 16.6. The highest BCUT2D eigenvalue weighted by Crippen LogP contribution is 2.31. The van der Waals surface area contributed by atoms with E-state index in [0.29, 0.717) is 18.4 Å². The average molecular weight is 326 g/mol.